The number of carbonyl (C=O) groups is 1. The molecule has 0 saturated carbocycles. The van der Waals surface area contributed by atoms with Gasteiger partial charge in [0.25, 0.3) is 0 Å². The Bertz CT molecular complexity index is 758. The largest absolute Gasteiger partial charge is 0.370 e. The molecule has 0 radical (unpaired) electrons. The van der Waals surface area contributed by atoms with Gasteiger partial charge >= 0.3 is 0 Å². The number of nitrogens with zero attached hydrogens (tertiary/aromatic N) is 3. The number of rotatable bonds is 6. The van der Waals surface area contributed by atoms with Crippen molar-refractivity contribution in [2.45, 2.75) is 31.7 Å². The van der Waals surface area contributed by atoms with E-state index >= 15 is 0 Å². The minimum atomic E-state index is -0.227. The molecule has 1 fully saturated rings. The molecular formula is C22H28N4O. The van der Waals surface area contributed by atoms with Crippen LogP contribution in [0.2, 0.25) is 0 Å². The van der Waals surface area contributed by atoms with E-state index in [1.54, 1.807) is 6.20 Å². The highest BCUT2D eigenvalue weighted by Crippen LogP contribution is 2.27. The molecule has 1 saturated heterocycles. The highest BCUT2D eigenvalue weighted by atomic mass is 16.2. The summed E-state index contributed by atoms with van der Waals surface area (Å²) in [7, 11) is 0. The maximum absolute atomic E-state index is 13.0. The first-order chi connectivity index (χ1) is 13.3. The third kappa shape index (κ3) is 4.14. The number of aryl methyl sites for hydroxylation is 1. The molecule has 0 spiro atoms. The Labute approximate surface area is 161 Å². The van der Waals surface area contributed by atoms with Crippen molar-refractivity contribution in [2.24, 2.45) is 0 Å². The molecule has 2 aliphatic heterocycles. The van der Waals surface area contributed by atoms with Gasteiger partial charge in [0.15, 0.2) is 0 Å². The van der Waals surface area contributed by atoms with E-state index in [9.17, 15) is 4.79 Å². The summed E-state index contributed by atoms with van der Waals surface area (Å²) in [6.45, 7) is 4.53. The van der Waals surface area contributed by atoms with Crippen molar-refractivity contribution in [3.8, 4) is 0 Å². The summed E-state index contributed by atoms with van der Waals surface area (Å²) in [6, 6.07) is 12.3. The SMILES string of the molecule is O=C(NCCN1CCCc2ccccc21)[C@H](c1cccnc1)N1CCCC1. The first-order valence-electron chi connectivity index (χ1n) is 10.1. The maximum atomic E-state index is 13.0. The van der Waals surface area contributed by atoms with Crippen LogP contribution in [-0.2, 0) is 11.2 Å². The predicted molar refractivity (Wildman–Crippen MR) is 108 cm³/mol. The summed E-state index contributed by atoms with van der Waals surface area (Å²) in [5, 5.41) is 3.19. The Hall–Kier alpha value is -2.40. The molecule has 27 heavy (non-hydrogen) atoms. The van der Waals surface area contributed by atoms with Crippen LogP contribution in [-0.4, -0.2) is 48.5 Å². The van der Waals surface area contributed by atoms with E-state index in [1.165, 1.54) is 17.7 Å². The summed E-state index contributed by atoms with van der Waals surface area (Å²) in [5.41, 5.74) is 3.72. The summed E-state index contributed by atoms with van der Waals surface area (Å²) in [5.74, 6) is 0.0928. The molecule has 1 atom stereocenters. The number of anilines is 1. The molecule has 1 aromatic carbocycles. The number of para-hydroxylation sites is 1. The van der Waals surface area contributed by atoms with Gasteiger partial charge in [-0.1, -0.05) is 24.3 Å². The number of hydrogen-bond donors (Lipinski definition) is 1. The Balaban J connectivity index is 1.39. The van der Waals surface area contributed by atoms with Gasteiger partial charge in [0.05, 0.1) is 0 Å². The number of carbonyl (C=O) groups excluding carboxylic acids is 1. The molecule has 2 aliphatic rings. The van der Waals surface area contributed by atoms with Gasteiger partial charge in [-0.2, -0.15) is 0 Å². The highest BCUT2D eigenvalue weighted by Gasteiger charge is 2.29. The van der Waals surface area contributed by atoms with E-state index in [4.69, 9.17) is 0 Å². The lowest BCUT2D eigenvalue weighted by molar-refractivity contribution is -0.126. The zero-order valence-electron chi connectivity index (χ0n) is 15.8. The van der Waals surface area contributed by atoms with E-state index < -0.39 is 0 Å². The summed E-state index contributed by atoms with van der Waals surface area (Å²) >= 11 is 0. The van der Waals surface area contributed by atoms with Crippen LogP contribution < -0.4 is 10.2 Å². The Kier molecular flexibility index (Phi) is 5.68. The molecule has 142 valence electrons. The van der Waals surface area contributed by atoms with E-state index in [0.717, 1.165) is 51.0 Å². The van der Waals surface area contributed by atoms with Gasteiger partial charge in [-0.3, -0.25) is 14.7 Å². The van der Waals surface area contributed by atoms with Gasteiger partial charge in [0, 0.05) is 37.7 Å². The molecule has 0 bridgehead atoms. The van der Waals surface area contributed by atoms with Gasteiger partial charge in [0.2, 0.25) is 5.91 Å². The van der Waals surface area contributed by atoms with Crippen LogP contribution in [0.15, 0.2) is 48.8 Å². The molecule has 1 N–H and O–H groups in total. The van der Waals surface area contributed by atoms with Crippen LogP contribution >= 0.6 is 0 Å². The molecule has 1 amide bonds. The quantitative estimate of drug-likeness (QED) is 0.856. The minimum Gasteiger partial charge on any atom is -0.370 e. The monoisotopic (exact) mass is 364 g/mol. The number of amides is 1. The topological polar surface area (TPSA) is 48.5 Å². The number of nitrogens with one attached hydrogen (secondary N) is 1. The smallest absolute Gasteiger partial charge is 0.242 e. The van der Waals surface area contributed by atoms with Crippen LogP contribution in [0, 0.1) is 0 Å². The Morgan fingerprint density at radius 2 is 1.93 bits per heavy atom. The lowest BCUT2D eigenvalue weighted by Gasteiger charge is -2.32. The van der Waals surface area contributed by atoms with Crippen LogP contribution in [0.5, 0.6) is 0 Å². The fourth-order valence-corrected chi connectivity index (χ4v) is 4.32. The average Bonchev–Trinajstić information content (AvgIpc) is 3.23. The maximum Gasteiger partial charge on any atom is 0.242 e. The van der Waals surface area contributed by atoms with Gasteiger partial charge < -0.3 is 10.2 Å². The van der Waals surface area contributed by atoms with Gasteiger partial charge in [-0.15, -0.1) is 0 Å². The zero-order chi connectivity index (χ0) is 18.5. The predicted octanol–water partition coefficient (Wildman–Crippen LogP) is 2.79. The van der Waals surface area contributed by atoms with Crippen LogP contribution in [0.1, 0.15) is 36.4 Å². The first-order valence-corrected chi connectivity index (χ1v) is 10.1. The second-order valence-electron chi connectivity index (χ2n) is 7.44. The van der Waals surface area contributed by atoms with Gasteiger partial charge in [-0.25, -0.2) is 0 Å². The lowest BCUT2D eigenvalue weighted by Crippen LogP contribution is -2.43. The number of hydrogen-bond acceptors (Lipinski definition) is 4. The molecular weight excluding hydrogens is 336 g/mol. The molecule has 2 aromatic rings. The number of benzene rings is 1. The molecule has 0 unspecified atom stereocenters. The molecule has 5 nitrogen and oxygen atoms in total. The van der Waals surface area contributed by atoms with E-state index in [2.05, 4.69) is 44.4 Å². The zero-order valence-corrected chi connectivity index (χ0v) is 15.8. The Morgan fingerprint density at radius 3 is 2.74 bits per heavy atom. The first kappa shape index (κ1) is 18.0. The summed E-state index contributed by atoms with van der Waals surface area (Å²) in [4.78, 5) is 21.9. The molecule has 0 aliphatic carbocycles. The van der Waals surface area contributed by atoms with Gasteiger partial charge in [-0.05, 0) is 62.0 Å². The second kappa shape index (κ2) is 8.53. The number of likely N-dealkylation sites (tertiary alicyclic amines) is 1. The molecule has 5 heteroatoms. The van der Waals surface area contributed by atoms with Crippen LogP contribution in [0.3, 0.4) is 0 Å². The van der Waals surface area contributed by atoms with Crippen molar-refractivity contribution >= 4 is 11.6 Å². The number of pyridine rings is 1. The lowest BCUT2D eigenvalue weighted by atomic mass is 10.0. The number of aromatic nitrogens is 1. The summed E-state index contributed by atoms with van der Waals surface area (Å²) < 4.78 is 0. The van der Waals surface area contributed by atoms with E-state index in [0.29, 0.717) is 6.54 Å². The normalized spacial score (nSPS) is 18.1. The van der Waals surface area contributed by atoms with Crippen molar-refractivity contribution < 1.29 is 4.79 Å². The van der Waals surface area contributed by atoms with Crippen molar-refractivity contribution in [1.29, 1.82) is 0 Å². The minimum absolute atomic E-state index is 0.0928. The molecule has 4 rings (SSSR count). The number of fused-ring (bicyclic) bond motifs is 1. The van der Waals surface area contributed by atoms with E-state index in [1.807, 2.05) is 18.3 Å². The Morgan fingerprint density at radius 1 is 1.07 bits per heavy atom. The third-order valence-electron chi connectivity index (χ3n) is 5.64. The van der Waals surface area contributed by atoms with E-state index in [-0.39, 0.29) is 11.9 Å². The second-order valence-corrected chi connectivity index (χ2v) is 7.44. The highest BCUT2D eigenvalue weighted by molar-refractivity contribution is 5.83. The van der Waals surface area contributed by atoms with Crippen molar-refractivity contribution in [2.75, 3.05) is 37.6 Å². The van der Waals surface area contributed by atoms with Crippen molar-refractivity contribution in [3.05, 3.63) is 59.9 Å². The standard InChI is InChI=1S/C22H28N4O/c27-22(21(26-13-3-4-14-26)19-8-5-11-23-17-19)24-12-16-25-15-6-9-18-7-1-2-10-20(18)25/h1-2,5,7-8,10-11,17,21H,3-4,6,9,12-16H2,(H,24,27)/t21-/m0/s1. The van der Waals surface area contributed by atoms with Crippen LogP contribution in [0.25, 0.3) is 0 Å². The molecule has 3 heterocycles. The van der Waals surface area contributed by atoms with Gasteiger partial charge in [0.1, 0.15) is 6.04 Å². The fraction of sp³-hybridized carbons (Fsp3) is 0.455. The van der Waals surface area contributed by atoms with Crippen LogP contribution in [0.4, 0.5) is 5.69 Å². The van der Waals surface area contributed by atoms with Crippen molar-refractivity contribution in [3.63, 3.8) is 0 Å². The molecule has 1 aromatic heterocycles. The third-order valence-corrected chi connectivity index (χ3v) is 5.64. The summed E-state index contributed by atoms with van der Waals surface area (Å²) in [6.07, 6.45) is 8.23. The average molecular weight is 364 g/mol. The van der Waals surface area contributed by atoms with Crippen molar-refractivity contribution in [1.82, 2.24) is 15.2 Å². The fourth-order valence-electron chi connectivity index (χ4n) is 4.32.